The molecule has 0 unspecified atom stereocenters. The number of hydrogen-bond donors (Lipinski definition) is 0. The number of benzene rings is 1. The van der Waals surface area contributed by atoms with Gasteiger partial charge in [0.2, 0.25) is 0 Å². The first-order chi connectivity index (χ1) is 15.8. The number of fused-ring (bicyclic) bond motifs is 1. The van der Waals surface area contributed by atoms with E-state index >= 15 is 0 Å². The van der Waals surface area contributed by atoms with E-state index in [0.717, 1.165) is 21.5 Å². The molecule has 0 radical (unpaired) electrons. The number of aryl methyl sites for hydroxylation is 3. The van der Waals surface area contributed by atoms with Crippen LogP contribution in [-0.2, 0) is 28.0 Å². The van der Waals surface area contributed by atoms with Crippen LogP contribution in [0.15, 0.2) is 33.9 Å². The average molecular weight is 484 g/mol. The summed E-state index contributed by atoms with van der Waals surface area (Å²) in [5.74, 6) is -0.00232. The van der Waals surface area contributed by atoms with Gasteiger partial charge in [0.1, 0.15) is 32.7 Å². The van der Waals surface area contributed by atoms with Crippen LogP contribution in [-0.4, -0.2) is 27.8 Å². The molecule has 0 aliphatic heterocycles. The maximum atomic E-state index is 13.7. The monoisotopic (exact) mass is 483 g/mol. The minimum Gasteiger partial charge on any atom is -0.496 e. The molecule has 0 aliphatic rings. The van der Waals surface area contributed by atoms with Gasteiger partial charge in [-0.1, -0.05) is 18.2 Å². The number of ether oxygens (including phenoxy) is 2. The number of methoxy groups -OCH3 is 1. The van der Waals surface area contributed by atoms with Gasteiger partial charge in [0.15, 0.2) is 0 Å². The number of nitrogens with zero attached hydrogens (tertiary/aromatic N) is 3. The van der Waals surface area contributed by atoms with Crippen LogP contribution in [0.1, 0.15) is 50.6 Å². The van der Waals surface area contributed by atoms with E-state index < -0.39 is 28.4 Å². The minimum absolute atomic E-state index is 0.227. The summed E-state index contributed by atoms with van der Waals surface area (Å²) in [5, 5.41) is 9.83. The Hall–Kier alpha value is -3.38. The van der Waals surface area contributed by atoms with Crippen molar-refractivity contribution >= 4 is 27.5 Å². The Kier molecular flexibility index (Phi) is 6.76. The van der Waals surface area contributed by atoms with Crippen molar-refractivity contribution in [1.82, 2.24) is 9.13 Å². The van der Waals surface area contributed by atoms with Crippen molar-refractivity contribution in [3.05, 3.63) is 61.1 Å². The number of para-hydroxylation sites is 1. The Labute approximate surface area is 202 Å². The van der Waals surface area contributed by atoms with Gasteiger partial charge in [-0.2, -0.15) is 5.26 Å². The summed E-state index contributed by atoms with van der Waals surface area (Å²) in [6.45, 7) is 10.1. The number of esters is 1. The van der Waals surface area contributed by atoms with Crippen LogP contribution in [0.25, 0.3) is 10.2 Å². The lowest BCUT2D eigenvalue weighted by Gasteiger charge is -2.30. The Morgan fingerprint density at radius 2 is 1.79 bits per heavy atom. The molecule has 0 amide bonds. The zero-order valence-corrected chi connectivity index (χ0v) is 21.3. The molecule has 0 N–H and O–H groups in total. The third kappa shape index (κ3) is 4.50. The minimum atomic E-state index is -1.57. The average Bonchev–Trinajstić information content (AvgIpc) is 3.09. The van der Waals surface area contributed by atoms with Crippen LogP contribution < -0.4 is 16.0 Å². The second-order valence-corrected chi connectivity index (χ2v) is 10.5. The van der Waals surface area contributed by atoms with Crippen LogP contribution in [0.2, 0.25) is 0 Å². The van der Waals surface area contributed by atoms with Gasteiger partial charge in [0.05, 0.1) is 12.5 Å². The molecule has 2 heterocycles. The summed E-state index contributed by atoms with van der Waals surface area (Å²) in [7, 11) is 1.58. The second-order valence-electron chi connectivity index (χ2n) is 9.55. The fraction of sp³-hybridized carbons (Fsp3) is 0.440. The fourth-order valence-corrected chi connectivity index (χ4v) is 4.90. The van der Waals surface area contributed by atoms with Crippen molar-refractivity contribution in [2.45, 2.75) is 65.6 Å². The number of aromatic nitrogens is 2. The Balaban J connectivity index is 2.26. The van der Waals surface area contributed by atoms with Gasteiger partial charge in [-0.05, 0) is 65.2 Å². The second kappa shape index (κ2) is 9.11. The number of thiophene rings is 1. The van der Waals surface area contributed by atoms with E-state index in [4.69, 9.17) is 9.47 Å². The molecular formula is C25H29N3O5S. The molecule has 0 bridgehead atoms. The first-order valence-corrected chi connectivity index (χ1v) is 11.7. The summed E-state index contributed by atoms with van der Waals surface area (Å²) in [4.78, 5) is 41.1. The summed E-state index contributed by atoms with van der Waals surface area (Å²) < 4.78 is 13.4. The van der Waals surface area contributed by atoms with Crippen LogP contribution in [0.5, 0.6) is 5.75 Å². The summed E-state index contributed by atoms with van der Waals surface area (Å²) in [6, 6.07) is 9.59. The van der Waals surface area contributed by atoms with Gasteiger partial charge in [-0.25, -0.2) is 14.2 Å². The van der Waals surface area contributed by atoms with Crippen LogP contribution in [0.4, 0.5) is 0 Å². The first kappa shape index (κ1) is 25.2. The lowest BCUT2D eigenvalue weighted by atomic mass is 10.0. The van der Waals surface area contributed by atoms with Crippen molar-refractivity contribution in [2.75, 3.05) is 7.11 Å². The zero-order chi connectivity index (χ0) is 25.4. The van der Waals surface area contributed by atoms with E-state index in [9.17, 15) is 19.6 Å². The third-order valence-corrected chi connectivity index (χ3v) is 6.79. The zero-order valence-electron chi connectivity index (χ0n) is 20.5. The van der Waals surface area contributed by atoms with Crippen LogP contribution >= 0.6 is 11.3 Å². The largest absolute Gasteiger partial charge is 0.496 e. The van der Waals surface area contributed by atoms with Crippen molar-refractivity contribution in [3.63, 3.8) is 0 Å². The Morgan fingerprint density at radius 3 is 2.38 bits per heavy atom. The lowest BCUT2D eigenvalue weighted by Crippen LogP contribution is -2.54. The van der Waals surface area contributed by atoms with E-state index in [1.165, 1.54) is 18.4 Å². The van der Waals surface area contributed by atoms with Gasteiger partial charge >= 0.3 is 11.7 Å². The summed E-state index contributed by atoms with van der Waals surface area (Å²) >= 11 is 1.10. The molecule has 0 atom stereocenters. The molecule has 1 aromatic carbocycles. The molecule has 0 saturated heterocycles. The smallest absolute Gasteiger partial charge is 0.333 e. The lowest BCUT2D eigenvalue weighted by molar-refractivity contribution is -0.164. The van der Waals surface area contributed by atoms with Crippen molar-refractivity contribution in [2.24, 2.45) is 0 Å². The third-order valence-electron chi connectivity index (χ3n) is 5.57. The molecule has 2 aromatic heterocycles. The highest BCUT2D eigenvalue weighted by Gasteiger charge is 2.38. The van der Waals surface area contributed by atoms with Gasteiger partial charge < -0.3 is 9.47 Å². The van der Waals surface area contributed by atoms with E-state index in [1.54, 1.807) is 34.8 Å². The normalized spacial score (nSPS) is 11.9. The van der Waals surface area contributed by atoms with E-state index in [0.29, 0.717) is 27.4 Å². The molecule has 0 spiro atoms. The van der Waals surface area contributed by atoms with Gasteiger partial charge in [0.25, 0.3) is 5.56 Å². The van der Waals surface area contributed by atoms with Crippen molar-refractivity contribution < 1.29 is 14.3 Å². The highest BCUT2D eigenvalue weighted by molar-refractivity contribution is 7.19. The topological polar surface area (TPSA) is 103 Å². The predicted molar refractivity (Wildman–Crippen MR) is 132 cm³/mol. The molecule has 180 valence electrons. The molecule has 3 aromatic rings. The van der Waals surface area contributed by atoms with Gasteiger partial charge in [0, 0.05) is 6.54 Å². The predicted octanol–water partition coefficient (Wildman–Crippen LogP) is 3.73. The molecule has 9 heteroatoms. The molecule has 0 saturated carbocycles. The van der Waals surface area contributed by atoms with E-state index in [1.807, 2.05) is 24.3 Å². The number of nitriles is 1. The molecule has 3 rings (SSSR count). The van der Waals surface area contributed by atoms with E-state index in [-0.39, 0.29) is 11.9 Å². The van der Waals surface area contributed by atoms with Crippen molar-refractivity contribution in [3.8, 4) is 11.8 Å². The maximum absolute atomic E-state index is 13.7. The Bertz CT molecular complexity index is 1410. The highest BCUT2D eigenvalue weighted by atomic mass is 32.1. The molecule has 0 aliphatic carbocycles. The quantitative estimate of drug-likeness (QED) is 0.495. The number of rotatable bonds is 6. The van der Waals surface area contributed by atoms with Crippen LogP contribution in [0, 0.1) is 18.3 Å². The highest BCUT2D eigenvalue weighted by Crippen LogP contribution is 2.29. The summed E-state index contributed by atoms with van der Waals surface area (Å²) in [5.41, 5.74) is -2.22. The Morgan fingerprint density at radius 1 is 1.15 bits per heavy atom. The molecular weight excluding hydrogens is 454 g/mol. The number of carbonyl (C=O) groups is 1. The SMILES string of the molecule is COc1ccccc1CCn1c(=O)n(C(C)(C)C(=O)OC(C)(C)C)c(=O)c2c(C)c(C#N)sc21. The van der Waals surface area contributed by atoms with Gasteiger partial charge in [-0.15, -0.1) is 11.3 Å². The van der Waals surface area contributed by atoms with E-state index in [2.05, 4.69) is 6.07 Å². The standard InChI is InChI=1S/C25H29N3O5S/c1-15-18(14-26)34-21-19(15)20(29)28(25(5,6)22(30)33-24(2,3)4)23(31)27(21)13-12-16-10-8-9-11-17(16)32-7/h8-11H,12-13H2,1-7H3. The molecule has 8 nitrogen and oxygen atoms in total. The fourth-order valence-electron chi connectivity index (χ4n) is 3.78. The maximum Gasteiger partial charge on any atom is 0.333 e. The van der Waals surface area contributed by atoms with Crippen molar-refractivity contribution in [1.29, 1.82) is 5.26 Å². The molecule has 0 fully saturated rings. The molecule has 34 heavy (non-hydrogen) atoms. The van der Waals surface area contributed by atoms with Gasteiger partial charge in [-0.3, -0.25) is 9.36 Å². The summed E-state index contributed by atoms with van der Waals surface area (Å²) in [6.07, 6.45) is 0.447. The number of carbonyl (C=O) groups excluding carboxylic acids is 1. The number of hydrogen-bond acceptors (Lipinski definition) is 7. The van der Waals surface area contributed by atoms with Crippen LogP contribution in [0.3, 0.4) is 0 Å². The first-order valence-electron chi connectivity index (χ1n) is 10.9.